The van der Waals surface area contributed by atoms with Crippen molar-refractivity contribution in [2.75, 3.05) is 6.61 Å². The zero-order valence-electron chi connectivity index (χ0n) is 12.1. The van der Waals surface area contributed by atoms with E-state index in [1.165, 1.54) is 16.2 Å². The summed E-state index contributed by atoms with van der Waals surface area (Å²) in [5, 5.41) is 24.0. The molecule has 0 radical (unpaired) electrons. The largest absolute Gasteiger partial charge is 0.394 e. The number of aliphatic hydroxyl groups is 2. The molecule has 1 fully saturated rings. The molecule has 1 heterocycles. The van der Waals surface area contributed by atoms with Gasteiger partial charge in [-0.1, -0.05) is 42.5 Å². The maximum atomic E-state index is 9.98. The number of rotatable bonds is 2. The first-order valence-corrected chi connectivity index (χ1v) is 7.62. The third-order valence-corrected chi connectivity index (χ3v) is 4.53. The minimum atomic E-state index is -0.606. The topological polar surface area (TPSA) is 49.7 Å². The fourth-order valence-electron chi connectivity index (χ4n) is 3.37. The molecule has 0 saturated carbocycles. The molecule has 22 heavy (non-hydrogen) atoms. The molecular formula is C19H18O3. The molecule has 2 N–H and O–H groups in total. The molecule has 0 amide bonds. The number of ether oxygens (including phenoxy) is 1. The molecule has 1 saturated heterocycles. The molecular weight excluding hydrogens is 276 g/mol. The maximum absolute atomic E-state index is 9.98. The minimum absolute atomic E-state index is 0.147. The quantitative estimate of drug-likeness (QED) is 0.714. The van der Waals surface area contributed by atoms with E-state index in [-0.39, 0.29) is 12.7 Å². The molecule has 0 unspecified atom stereocenters. The lowest BCUT2D eigenvalue weighted by Gasteiger charge is -2.15. The van der Waals surface area contributed by atoms with Gasteiger partial charge in [0.15, 0.2) is 0 Å². The molecule has 0 aromatic heterocycles. The van der Waals surface area contributed by atoms with Crippen LogP contribution >= 0.6 is 0 Å². The average Bonchev–Trinajstić information content (AvgIpc) is 2.93. The van der Waals surface area contributed by atoms with Crippen molar-refractivity contribution in [3.63, 3.8) is 0 Å². The van der Waals surface area contributed by atoms with Crippen LogP contribution in [0.3, 0.4) is 0 Å². The Bertz CT molecular complexity index is 827. The third kappa shape index (κ3) is 2.18. The second-order valence-corrected chi connectivity index (χ2v) is 5.92. The van der Waals surface area contributed by atoms with E-state index in [1.54, 1.807) is 0 Å². The monoisotopic (exact) mass is 294 g/mol. The van der Waals surface area contributed by atoms with Crippen LogP contribution in [-0.4, -0.2) is 29.0 Å². The van der Waals surface area contributed by atoms with Gasteiger partial charge in [0.2, 0.25) is 0 Å². The van der Waals surface area contributed by atoms with Gasteiger partial charge in [0, 0.05) is 6.42 Å². The summed E-state index contributed by atoms with van der Waals surface area (Å²) in [7, 11) is 0. The molecule has 0 bridgehead atoms. The highest BCUT2D eigenvalue weighted by atomic mass is 16.5. The average molecular weight is 294 g/mol. The SMILES string of the molecule is OC[C@H]1O[C@@H](c2cccc3cc4ccccc4cc23)C[C@@H]1O. The van der Waals surface area contributed by atoms with Crippen molar-refractivity contribution in [2.45, 2.75) is 24.7 Å². The predicted molar refractivity (Wildman–Crippen MR) is 86.8 cm³/mol. The first-order chi connectivity index (χ1) is 10.8. The van der Waals surface area contributed by atoms with E-state index in [0.717, 1.165) is 10.9 Å². The number of benzene rings is 3. The van der Waals surface area contributed by atoms with Crippen molar-refractivity contribution in [1.29, 1.82) is 0 Å². The Morgan fingerprint density at radius 1 is 0.955 bits per heavy atom. The molecule has 0 spiro atoms. The molecule has 0 aliphatic carbocycles. The van der Waals surface area contributed by atoms with Gasteiger partial charge in [-0.25, -0.2) is 0 Å². The first kappa shape index (κ1) is 13.7. The van der Waals surface area contributed by atoms with Gasteiger partial charge in [-0.15, -0.1) is 0 Å². The smallest absolute Gasteiger partial charge is 0.107 e. The predicted octanol–water partition coefficient (Wildman–Crippen LogP) is 3.18. The van der Waals surface area contributed by atoms with Gasteiger partial charge in [0.25, 0.3) is 0 Å². The van der Waals surface area contributed by atoms with E-state index in [0.29, 0.717) is 6.42 Å². The van der Waals surface area contributed by atoms with E-state index in [2.05, 4.69) is 30.3 Å². The van der Waals surface area contributed by atoms with Crippen LogP contribution < -0.4 is 0 Å². The zero-order valence-corrected chi connectivity index (χ0v) is 12.1. The second kappa shape index (κ2) is 5.36. The molecule has 4 rings (SSSR count). The fourth-order valence-corrected chi connectivity index (χ4v) is 3.37. The van der Waals surface area contributed by atoms with Gasteiger partial charge in [0.05, 0.1) is 18.8 Å². The lowest BCUT2D eigenvalue weighted by atomic mass is 9.95. The standard InChI is InChI=1S/C19H18O3/c20-11-19-17(21)10-18(22-19)15-7-3-6-14-8-12-4-1-2-5-13(12)9-16(14)15/h1-9,17-21H,10-11H2/t17-,18+,19+/m0/s1. The summed E-state index contributed by atoms with van der Waals surface area (Å²) in [6, 6.07) is 18.8. The minimum Gasteiger partial charge on any atom is -0.394 e. The zero-order chi connectivity index (χ0) is 15.1. The van der Waals surface area contributed by atoms with Gasteiger partial charge >= 0.3 is 0 Å². The molecule has 1 aliphatic heterocycles. The summed E-state index contributed by atoms with van der Waals surface area (Å²) in [4.78, 5) is 0. The summed E-state index contributed by atoms with van der Waals surface area (Å²) in [6.07, 6.45) is -0.736. The summed E-state index contributed by atoms with van der Waals surface area (Å²) < 4.78 is 5.83. The van der Waals surface area contributed by atoms with Crippen LogP contribution in [0.5, 0.6) is 0 Å². The summed E-state index contributed by atoms with van der Waals surface area (Å²) in [5.41, 5.74) is 1.08. The highest BCUT2D eigenvalue weighted by Gasteiger charge is 2.34. The molecule has 3 heteroatoms. The van der Waals surface area contributed by atoms with Crippen LogP contribution in [0, 0.1) is 0 Å². The van der Waals surface area contributed by atoms with Crippen LogP contribution in [0.4, 0.5) is 0 Å². The van der Waals surface area contributed by atoms with E-state index < -0.39 is 12.2 Å². The van der Waals surface area contributed by atoms with Gasteiger partial charge in [-0.2, -0.15) is 0 Å². The summed E-state index contributed by atoms with van der Waals surface area (Å²) in [5.74, 6) is 0. The highest BCUT2D eigenvalue weighted by Crippen LogP contribution is 2.37. The summed E-state index contributed by atoms with van der Waals surface area (Å²) in [6.45, 7) is -0.147. The van der Waals surface area contributed by atoms with Crippen molar-refractivity contribution in [3.8, 4) is 0 Å². The molecule has 1 aliphatic rings. The third-order valence-electron chi connectivity index (χ3n) is 4.53. The summed E-state index contributed by atoms with van der Waals surface area (Å²) >= 11 is 0. The normalized spacial score (nSPS) is 25.1. The lowest BCUT2D eigenvalue weighted by Crippen LogP contribution is -2.24. The maximum Gasteiger partial charge on any atom is 0.107 e. The number of aliphatic hydroxyl groups excluding tert-OH is 2. The first-order valence-electron chi connectivity index (χ1n) is 7.62. The number of hydrogen-bond acceptors (Lipinski definition) is 3. The lowest BCUT2D eigenvalue weighted by molar-refractivity contribution is -0.0222. The van der Waals surface area contributed by atoms with Gasteiger partial charge < -0.3 is 14.9 Å². The highest BCUT2D eigenvalue weighted by molar-refractivity contribution is 5.99. The molecule has 3 aromatic rings. The Labute approximate surface area is 128 Å². The number of fused-ring (bicyclic) bond motifs is 2. The van der Waals surface area contributed by atoms with Crippen molar-refractivity contribution in [3.05, 3.63) is 60.2 Å². The van der Waals surface area contributed by atoms with E-state index in [4.69, 9.17) is 4.74 Å². The Morgan fingerprint density at radius 2 is 1.68 bits per heavy atom. The van der Waals surface area contributed by atoms with Crippen molar-refractivity contribution in [1.82, 2.24) is 0 Å². The van der Waals surface area contributed by atoms with E-state index >= 15 is 0 Å². The Balaban J connectivity index is 1.86. The van der Waals surface area contributed by atoms with Crippen LogP contribution in [0.2, 0.25) is 0 Å². The van der Waals surface area contributed by atoms with E-state index in [9.17, 15) is 10.2 Å². The van der Waals surface area contributed by atoms with Crippen molar-refractivity contribution in [2.24, 2.45) is 0 Å². The van der Waals surface area contributed by atoms with Crippen molar-refractivity contribution >= 4 is 21.5 Å². The van der Waals surface area contributed by atoms with Crippen LogP contribution in [-0.2, 0) is 4.74 Å². The van der Waals surface area contributed by atoms with E-state index in [1.807, 2.05) is 24.3 Å². The fraction of sp³-hybridized carbons (Fsp3) is 0.263. The van der Waals surface area contributed by atoms with Crippen LogP contribution in [0.15, 0.2) is 54.6 Å². The second-order valence-electron chi connectivity index (χ2n) is 5.92. The van der Waals surface area contributed by atoms with Gasteiger partial charge in [0.1, 0.15) is 6.10 Å². The van der Waals surface area contributed by atoms with Crippen LogP contribution in [0.25, 0.3) is 21.5 Å². The molecule has 3 aromatic carbocycles. The molecule has 3 atom stereocenters. The van der Waals surface area contributed by atoms with Crippen molar-refractivity contribution < 1.29 is 14.9 Å². The molecule has 112 valence electrons. The Kier molecular flexibility index (Phi) is 3.34. The van der Waals surface area contributed by atoms with Gasteiger partial charge in [-0.3, -0.25) is 0 Å². The number of hydrogen-bond donors (Lipinski definition) is 2. The van der Waals surface area contributed by atoms with Crippen LogP contribution in [0.1, 0.15) is 18.1 Å². The Morgan fingerprint density at radius 3 is 2.41 bits per heavy atom. The Hall–Kier alpha value is -1.94. The molecule has 3 nitrogen and oxygen atoms in total. The van der Waals surface area contributed by atoms with Gasteiger partial charge in [-0.05, 0) is 39.2 Å².